The molecule has 0 saturated carbocycles. The van der Waals surface area contributed by atoms with Crippen molar-refractivity contribution in [1.29, 1.82) is 0 Å². The highest BCUT2D eigenvalue weighted by atomic mass is 32.1. The van der Waals surface area contributed by atoms with Crippen molar-refractivity contribution in [2.24, 2.45) is 7.05 Å². The number of imidazole rings is 1. The van der Waals surface area contributed by atoms with Crippen molar-refractivity contribution in [3.05, 3.63) is 77.1 Å². The van der Waals surface area contributed by atoms with Crippen LogP contribution in [0.25, 0.3) is 11.0 Å². The van der Waals surface area contributed by atoms with Crippen LogP contribution in [0.5, 0.6) is 0 Å². The number of benzene rings is 2. The number of carbonyl (C=O) groups is 4. The molecule has 2 atom stereocenters. The second-order valence-corrected chi connectivity index (χ2v) is 11.3. The maximum atomic E-state index is 13.8. The summed E-state index contributed by atoms with van der Waals surface area (Å²) in [5.74, 6) is -1.84. The monoisotopic (exact) mass is 592 g/mol. The third kappa shape index (κ3) is 7.69. The highest BCUT2D eigenvalue weighted by Gasteiger charge is 2.30. The summed E-state index contributed by atoms with van der Waals surface area (Å²) in [6.07, 6.45) is 0.993. The van der Waals surface area contributed by atoms with Crippen LogP contribution in [0.4, 0.5) is 9.93 Å². The predicted molar refractivity (Wildman–Crippen MR) is 157 cm³/mol. The molecule has 220 valence electrons. The van der Waals surface area contributed by atoms with Gasteiger partial charge in [-0.3, -0.25) is 9.59 Å². The van der Waals surface area contributed by atoms with E-state index in [0.29, 0.717) is 11.1 Å². The van der Waals surface area contributed by atoms with Gasteiger partial charge in [-0.2, -0.15) is 0 Å². The SMILES string of the molecule is COC(=O)c1csc(NC(=O)[C@H](Cc2ccccc2)NC(=O)C(NC(=O)OC(C)(C)C)c2ccc3c(c2)ncn3C)n1. The van der Waals surface area contributed by atoms with Gasteiger partial charge in [-0.05, 0) is 44.0 Å². The molecule has 13 heteroatoms. The maximum absolute atomic E-state index is 13.8. The van der Waals surface area contributed by atoms with Crippen molar-refractivity contribution in [3.63, 3.8) is 0 Å². The van der Waals surface area contributed by atoms with E-state index in [-0.39, 0.29) is 17.2 Å². The summed E-state index contributed by atoms with van der Waals surface area (Å²) in [7, 11) is 3.08. The van der Waals surface area contributed by atoms with E-state index in [1.165, 1.54) is 12.5 Å². The van der Waals surface area contributed by atoms with Gasteiger partial charge in [-0.15, -0.1) is 11.3 Å². The molecule has 3 amide bonds. The minimum Gasteiger partial charge on any atom is -0.464 e. The summed E-state index contributed by atoms with van der Waals surface area (Å²) in [4.78, 5) is 60.3. The van der Waals surface area contributed by atoms with Gasteiger partial charge in [0, 0.05) is 18.8 Å². The number of hydrogen-bond acceptors (Lipinski definition) is 9. The number of methoxy groups -OCH3 is 1. The lowest BCUT2D eigenvalue weighted by Crippen LogP contribution is -2.50. The number of ether oxygens (including phenoxy) is 2. The van der Waals surface area contributed by atoms with Gasteiger partial charge in [-0.1, -0.05) is 36.4 Å². The summed E-state index contributed by atoms with van der Waals surface area (Å²) >= 11 is 1.05. The number of carbonyl (C=O) groups excluding carboxylic acids is 4. The average molecular weight is 593 g/mol. The predicted octanol–water partition coefficient (Wildman–Crippen LogP) is 3.75. The van der Waals surface area contributed by atoms with Gasteiger partial charge in [-0.25, -0.2) is 19.6 Å². The van der Waals surface area contributed by atoms with Gasteiger partial charge < -0.3 is 30.0 Å². The summed E-state index contributed by atoms with van der Waals surface area (Å²) in [5.41, 5.74) is 1.95. The second-order valence-electron chi connectivity index (χ2n) is 10.5. The average Bonchev–Trinajstić information content (AvgIpc) is 3.56. The maximum Gasteiger partial charge on any atom is 0.408 e. The Morgan fingerprint density at radius 3 is 2.45 bits per heavy atom. The van der Waals surface area contributed by atoms with Crippen LogP contribution in [-0.4, -0.2) is 57.2 Å². The highest BCUT2D eigenvalue weighted by molar-refractivity contribution is 7.14. The van der Waals surface area contributed by atoms with Crippen LogP contribution in [0.3, 0.4) is 0 Å². The Hall–Kier alpha value is -4.78. The number of rotatable bonds is 9. The Balaban J connectivity index is 1.62. The molecule has 0 aliphatic heterocycles. The van der Waals surface area contributed by atoms with Crippen molar-refractivity contribution in [1.82, 2.24) is 25.2 Å². The molecule has 0 radical (unpaired) electrons. The van der Waals surface area contributed by atoms with E-state index in [4.69, 9.17) is 4.74 Å². The number of fused-ring (bicyclic) bond motifs is 1. The van der Waals surface area contributed by atoms with Crippen LogP contribution in [0.15, 0.2) is 60.2 Å². The molecule has 42 heavy (non-hydrogen) atoms. The smallest absolute Gasteiger partial charge is 0.408 e. The standard InChI is InChI=1S/C29H32N6O6S/c1-29(2,3)41-28(39)33-23(18-11-12-22-19(14-18)30-16-35(22)4)25(37)31-20(13-17-9-7-6-8-10-17)24(36)34-27-32-21(15-42-27)26(38)40-5/h6-12,14-16,20,23H,13H2,1-5H3,(H,31,37)(H,33,39)(H,32,34,36)/t20-,23?/m0/s1. The Bertz CT molecular complexity index is 1590. The number of thiazole rings is 1. The fourth-order valence-electron chi connectivity index (χ4n) is 4.09. The molecule has 2 heterocycles. The van der Waals surface area contributed by atoms with Crippen molar-refractivity contribution in [2.45, 2.75) is 44.9 Å². The van der Waals surface area contributed by atoms with Crippen LogP contribution in [0, 0.1) is 0 Å². The lowest BCUT2D eigenvalue weighted by Gasteiger charge is -2.25. The Kier molecular flexibility index (Phi) is 9.21. The quantitative estimate of drug-likeness (QED) is 0.249. The van der Waals surface area contributed by atoms with Crippen LogP contribution in [-0.2, 0) is 32.5 Å². The number of esters is 1. The van der Waals surface area contributed by atoms with E-state index in [9.17, 15) is 19.2 Å². The molecule has 4 rings (SSSR count). The van der Waals surface area contributed by atoms with E-state index < -0.39 is 41.6 Å². The normalized spacial score (nSPS) is 12.7. The van der Waals surface area contributed by atoms with E-state index in [1.807, 2.05) is 41.9 Å². The first-order valence-electron chi connectivity index (χ1n) is 13.0. The molecule has 1 unspecified atom stereocenters. The number of hydrogen-bond donors (Lipinski definition) is 3. The summed E-state index contributed by atoms with van der Waals surface area (Å²) < 4.78 is 11.9. The van der Waals surface area contributed by atoms with Crippen molar-refractivity contribution < 1.29 is 28.7 Å². The van der Waals surface area contributed by atoms with Crippen LogP contribution in [0.1, 0.15) is 48.4 Å². The summed E-state index contributed by atoms with van der Waals surface area (Å²) in [5, 5.41) is 9.71. The first kappa shape index (κ1) is 30.2. The van der Waals surface area contributed by atoms with Crippen LogP contribution in [0.2, 0.25) is 0 Å². The van der Waals surface area contributed by atoms with Crippen LogP contribution >= 0.6 is 11.3 Å². The van der Waals surface area contributed by atoms with Crippen molar-refractivity contribution in [2.75, 3.05) is 12.4 Å². The lowest BCUT2D eigenvalue weighted by atomic mass is 10.0. The van der Waals surface area contributed by atoms with E-state index in [2.05, 4.69) is 30.7 Å². The van der Waals surface area contributed by atoms with E-state index in [0.717, 1.165) is 22.4 Å². The number of aromatic nitrogens is 3. The van der Waals surface area contributed by atoms with Crippen LogP contribution < -0.4 is 16.0 Å². The number of anilines is 1. The number of aryl methyl sites for hydroxylation is 1. The topological polar surface area (TPSA) is 154 Å². The molecule has 3 N–H and O–H groups in total. The fourth-order valence-corrected chi connectivity index (χ4v) is 4.78. The molecule has 0 bridgehead atoms. The van der Waals surface area contributed by atoms with Gasteiger partial charge in [0.1, 0.15) is 17.7 Å². The second kappa shape index (κ2) is 12.8. The molecule has 12 nitrogen and oxygen atoms in total. The molecular weight excluding hydrogens is 560 g/mol. The highest BCUT2D eigenvalue weighted by Crippen LogP contribution is 2.22. The first-order valence-corrected chi connectivity index (χ1v) is 13.9. The minimum absolute atomic E-state index is 0.0491. The number of alkyl carbamates (subject to hydrolysis) is 1. The molecule has 0 spiro atoms. The van der Waals surface area contributed by atoms with Gasteiger partial charge in [0.15, 0.2) is 10.8 Å². The lowest BCUT2D eigenvalue weighted by molar-refractivity contribution is -0.128. The van der Waals surface area contributed by atoms with Gasteiger partial charge in [0.05, 0.1) is 24.5 Å². The molecule has 4 aromatic rings. The Labute approximate surface area is 246 Å². The Morgan fingerprint density at radius 2 is 1.76 bits per heavy atom. The first-order chi connectivity index (χ1) is 19.9. The number of amides is 3. The number of nitrogens with zero attached hydrogens (tertiary/aromatic N) is 3. The largest absolute Gasteiger partial charge is 0.464 e. The molecule has 2 aromatic carbocycles. The van der Waals surface area contributed by atoms with E-state index >= 15 is 0 Å². The minimum atomic E-state index is -1.21. The van der Waals surface area contributed by atoms with Gasteiger partial charge >= 0.3 is 12.1 Å². The van der Waals surface area contributed by atoms with Crippen molar-refractivity contribution in [3.8, 4) is 0 Å². The van der Waals surface area contributed by atoms with Gasteiger partial charge in [0.2, 0.25) is 11.8 Å². The summed E-state index contributed by atoms with van der Waals surface area (Å²) in [6, 6.07) is 12.1. The summed E-state index contributed by atoms with van der Waals surface area (Å²) in [6.45, 7) is 5.14. The zero-order chi connectivity index (χ0) is 30.4. The third-order valence-electron chi connectivity index (χ3n) is 6.05. The number of nitrogens with one attached hydrogen (secondary N) is 3. The molecule has 0 fully saturated rings. The molecule has 2 aromatic heterocycles. The zero-order valence-electron chi connectivity index (χ0n) is 23.8. The third-order valence-corrected chi connectivity index (χ3v) is 6.81. The Morgan fingerprint density at radius 1 is 1.02 bits per heavy atom. The zero-order valence-corrected chi connectivity index (χ0v) is 24.7. The molecular formula is C29H32N6O6S. The van der Waals surface area contributed by atoms with Crippen molar-refractivity contribution >= 4 is 51.4 Å². The molecule has 0 aliphatic rings. The molecule has 0 aliphatic carbocycles. The molecule has 0 saturated heterocycles. The van der Waals surface area contributed by atoms with Gasteiger partial charge in [0.25, 0.3) is 0 Å². The van der Waals surface area contributed by atoms with E-state index in [1.54, 1.807) is 45.3 Å². The fraction of sp³-hybridized carbons (Fsp3) is 0.310.